The van der Waals surface area contributed by atoms with Crippen molar-refractivity contribution in [3.63, 3.8) is 0 Å². The van der Waals surface area contributed by atoms with Crippen LogP contribution in [0, 0.1) is 11.8 Å². The van der Waals surface area contributed by atoms with Crippen molar-refractivity contribution in [1.82, 2.24) is 4.90 Å². The smallest absolute Gasteiger partial charge is 0.225 e. The maximum Gasteiger partial charge on any atom is 0.225 e. The topological polar surface area (TPSA) is 80.5 Å². The predicted octanol–water partition coefficient (Wildman–Crippen LogP) is 0.397. The molecular weight excluding hydrogens is 264 g/mol. The monoisotopic (exact) mass is 288 g/mol. The van der Waals surface area contributed by atoms with Crippen molar-refractivity contribution in [3.8, 4) is 0 Å². The van der Waals surface area contributed by atoms with Crippen LogP contribution in [0.5, 0.6) is 0 Å². The van der Waals surface area contributed by atoms with Crippen LogP contribution in [0.3, 0.4) is 0 Å². The van der Waals surface area contributed by atoms with Gasteiger partial charge in [0.25, 0.3) is 0 Å². The number of nitrogens with zero attached hydrogens (tertiary/aromatic N) is 1. The van der Waals surface area contributed by atoms with E-state index in [4.69, 9.17) is 5.73 Å². The molecule has 0 radical (unpaired) electrons. The van der Waals surface area contributed by atoms with Crippen molar-refractivity contribution in [3.05, 3.63) is 0 Å². The second kappa shape index (κ2) is 5.79. The summed E-state index contributed by atoms with van der Waals surface area (Å²) in [5, 5.41) is 0. The van der Waals surface area contributed by atoms with E-state index in [1.54, 1.807) is 11.9 Å². The van der Waals surface area contributed by atoms with Crippen molar-refractivity contribution >= 4 is 15.7 Å². The molecule has 1 saturated heterocycles. The molecule has 1 amide bonds. The maximum absolute atomic E-state index is 12.4. The summed E-state index contributed by atoms with van der Waals surface area (Å²) in [5.41, 5.74) is 5.65. The summed E-state index contributed by atoms with van der Waals surface area (Å²) in [5.74, 6) is 1.10. The van der Waals surface area contributed by atoms with Crippen molar-refractivity contribution in [2.24, 2.45) is 17.6 Å². The van der Waals surface area contributed by atoms with E-state index in [0.29, 0.717) is 18.9 Å². The van der Waals surface area contributed by atoms with Crippen LogP contribution in [0.1, 0.15) is 32.1 Å². The average Bonchev–Trinajstić information content (AvgIpc) is 2.77. The third-order valence-electron chi connectivity index (χ3n) is 4.63. The summed E-state index contributed by atoms with van der Waals surface area (Å²) in [6.07, 6.45) is 4.41. The molecule has 0 spiro atoms. The lowest BCUT2D eigenvalue weighted by molar-refractivity contribution is -0.137. The van der Waals surface area contributed by atoms with Crippen molar-refractivity contribution < 1.29 is 13.2 Å². The lowest BCUT2D eigenvalue weighted by atomic mass is 9.81. The SMILES string of the molecule is CN(C(=O)C1CCC(CN)CC1)C1CCS(=O)(=O)C1. The third kappa shape index (κ3) is 3.48. The minimum absolute atomic E-state index is 0.0658. The molecule has 0 bridgehead atoms. The highest BCUT2D eigenvalue weighted by molar-refractivity contribution is 7.91. The van der Waals surface area contributed by atoms with Crippen LogP contribution < -0.4 is 5.73 Å². The Morgan fingerprint density at radius 3 is 2.32 bits per heavy atom. The van der Waals surface area contributed by atoms with Crippen LogP contribution in [-0.2, 0) is 14.6 Å². The highest BCUT2D eigenvalue weighted by Gasteiger charge is 2.35. The Balaban J connectivity index is 1.90. The van der Waals surface area contributed by atoms with E-state index in [0.717, 1.165) is 25.7 Å². The van der Waals surface area contributed by atoms with Crippen LogP contribution in [0.15, 0.2) is 0 Å². The Bertz CT molecular complexity index is 427. The summed E-state index contributed by atoms with van der Waals surface area (Å²) in [6, 6.07) is -0.121. The third-order valence-corrected chi connectivity index (χ3v) is 6.38. The van der Waals surface area contributed by atoms with Gasteiger partial charge in [-0.3, -0.25) is 4.79 Å². The van der Waals surface area contributed by atoms with E-state index < -0.39 is 9.84 Å². The van der Waals surface area contributed by atoms with Crippen molar-refractivity contribution in [1.29, 1.82) is 0 Å². The molecule has 5 nitrogen and oxygen atoms in total. The number of carbonyl (C=O) groups is 1. The molecule has 2 fully saturated rings. The molecule has 6 heteroatoms. The lowest BCUT2D eigenvalue weighted by Gasteiger charge is -2.32. The number of amides is 1. The molecule has 2 aliphatic rings. The number of hydrogen-bond donors (Lipinski definition) is 1. The normalized spacial score (nSPS) is 34.1. The van der Waals surface area contributed by atoms with Gasteiger partial charge in [-0.25, -0.2) is 8.42 Å². The summed E-state index contributed by atoms with van der Waals surface area (Å²) < 4.78 is 22.9. The Morgan fingerprint density at radius 1 is 1.21 bits per heavy atom. The quantitative estimate of drug-likeness (QED) is 0.815. The summed E-state index contributed by atoms with van der Waals surface area (Å²) >= 11 is 0. The van der Waals surface area contributed by atoms with E-state index >= 15 is 0 Å². The highest BCUT2D eigenvalue weighted by atomic mass is 32.2. The van der Waals surface area contributed by atoms with Crippen LogP contribution >= 0.6 is 0 Å². The second-order valence-corrected chi connectivity index (χ2v) is 8.19. The maximum atomic E-state index is 12.4. The molecule has 1 atom stereocenters. The Kier molecular flexibility index (Phi) is 4.50. The molecule has 0 aromatic rings. The number of rotatable bonds is 3. The number of hydrogen-bond acceptors (Lipinski definition) is 4. The standard InChI is InChI=1S/C13H24N2O3S/c1-15(12-6-7-19(17,18)9-12)13(16)11-4-2-10(8-14)3-5-11/h10-12H,2-9,14H2,1H3. The van der Waals surface area contributed by atoms with Gasteiger partial charge in [-0.05, 0) is 44.6 Å². The van der Waals surface area contributed by atoms with Gasteiger partial charge in [-0.2, -0.15) is 0 Å². The fourth-order valence-corrected chi connectivity index (χ4v) is 4.97. The summed E-state index contributed by atoms with van der Waals surface area (Å²) in [6.45, 7) is 0.706. The van der Waals surface area contributed by atoms with Gasteiger partial charge in [0.05, 0.1) is 11.5 Å². The molecule has 1 saturated carbocycles. The van der Waals surface area contributed by atoms with Gasteiger partial charge in [-0.1, -0.05) is 0 Å². The fourth-order valence-electron chi connectivity index (χ4n) is 3.19. The van der Waals surface area contributed by atoms with E-state index in [1.807, 2.05) is 0 Å². The fraction of sp³-hybridized carbons (Fsp3) is 0.923. The second-order valence-electron chi connectivity index (χ2n) is 5.96. The van der Waals surface area contributed by atoms with Gasteiger partial charge in [0.15, 0.2) is 9.84 Å². The van der Waals surface area contributed by atoms with E-state index in [9.17, 15) is 13.2 Å². The van der Waals surface area contributed by atoms with Crippen LogP contribution in [0.4, 0.5) is 0 Å². The first kappa shape index (κ1) is 14.8. The van der Waals surface area contributed by atoms with Crippen molar-refractivity contribution in [2.45, 2.75) is 38.1 Å². The van der Waals surface area contributed by atoms with Gasteiger partial charge < -0.3 is 10.6 Å². The molecule has 1 heterocycles. The molecular formula is C13H24N2O3S. The molecule has 110 valence electrons. The van der Waals surface area contributed by atoms with E-state index in [1.165, 1.54) is 0 Å². The Morgan fingerprint density at radius 2 is 1.84 bits per heavy atom. The zero-order valence-electron chi connectivity index (χ0n) is 11.5. The van der Waals surface area contributed by atoms with Crippen molar-refractivity contribution in [2.75, 3.05) is 25.1 Å². The minimum Gasteiger partial charge on any atom is -0.341 e. The van der Waals surface area contributed by atoms with Crippen LogP contribution in [0.2, 0.25) is 0 Å². The molecule has 0 aromatic carbocycles. The number of nitrogens with two attached hydrogens (primary N) is 1. The molecule has 19 heavy (non-hydrogen) atoms. The first-order valence-electron chi connectivity index (χ1n) is 7.10. The lowest BCUT2D eigenvalue weighted by Crippen LogP contribution is -2.42. The van der Waals surface area contributed by atoms with Crippen LogP contribution in [-0.4, -0.2) is 50.4 Å². The molecule has 2 N–H and O–H groups in total. The first-order chi connectivity index (χ1) is 8.93. The Hall–Kier alpha value is -0.620. The van der Waals surface area contributed by atoms with Gasteiger partial charge in [0.2, 0.25) is 5.91 Å². The van der Waals surface area contributed by atoms with E-state index in [-0.39, 0.29) is 29.4 Å². The zero-order valence-corrected chi connectivity index (χ0v) is 12.4. The molecule has 1 aliphatic carbocycles. The highest BCUT2D eigenvalue weighted by Crippen LogP contribution is 2.30. The Labute approximate surface area is 115 Å². The van der Waals surface area contributed by atoms with E-state index in [2.05, 4.69) is 0 Å². The molecule has 2 rings (SSSR count). The summed E-state index contributed by atoms with van der Waals surface area (Å²) in [7, 11) is -1.18. The largest absolute Gasteiger partial charge is 0.341 e. The number of sulfone groups is 1. The average molecular weight is 288 g/mol. The summed E-state index contributed by atoms with van der Waals surface area (Å²) in [4.78, 5) is 14.1. The van der Waals surface area contributed by atoms with Gasteiger partial charge >= 0.3 is 0 Å². The molecule has 1 aliphatic heterocycles. The molecule has 1 unspecified atom stereocenters. The van der Waals surface area contributed by atoms with Gasteiger partial charge in [0.1, 0.15) is 0 Å². The van der Waals surface area contributed by atoms with Gasteiger partial charge in [-0.15, -0.1) is 0 Å². The van der Waals surface area contributed by atoms with Gasteiger partial charge in [0, 0.05) is 19.0 Å². The zero-order chi connectivity index (χ0) is 14.0. The van der Waals surface area contributed by atoms with Crippen LogP contribution in [0.25, 0.3) is 0 Å². The minimum atomic E-state index is -2.93. The predicted molar refractivity (Wildman–Crippen MR) is 74.3 cm³/mol. The first-order valence-corrected chi connectivity index (χ1v) is 8.92. The molecule has 0 aromatic heterocycles. The number of carbonyl (C=O) groups excluding carboxylic acids is 1.